The summed E-state index contributed by atoms with van der Waals surface area (Å²) in [6.07, 6.45) is 0. The molecule has 2 aromatic rings. The zero-order valence-corrected chi connectivity index (χ0v) is 9.90. The van der Waals surface area contributed by atoms with Crippen LogP contribution in [0.2, 0.25) is 10.0 Å². The van der Waals surface area contributed by atoms with E-state index in [1.807, 2.05) is 0 Å². The van der Waals surface area contributed by atoms with Crippen molar-refractivity contribution in [1.29, 1.82) is 0 Å². The van der Waals surface area contributed by atoms with E-state index in [4.69, 9.17) is 27.9 Å². The second-order valence-electron chi connectivity index (χ2n) is 3.21. The van der Waals surface area contributed by atoms with Crippen LogP contribution in [0.25, 0.3) is 0 Å². The number of rotatable bonds is 2. The average Bonchev–Trinajstić information content (AvgIpc) is 2.31. The Kier molecular flexibility index (Phi) is 3.50. The van der Waals surface area contributed by atoms with Crippen LogP contribution in [0.4, 0.5) is 8.78 Å². The Hall–Kier alpha value is -1.32. The summed E-state index contributed by atoms with van der Waals surface area (Å²) in [7, 11) is 0. The lowest BCUT2D eigenvalue weighted by Crippen LogP contribution is -1.92. The van der Waals surface area contributed by atoms with Crippen molar-refractivity contribution in [3.05, 3.63) is 58.1 Å². The smallest absolute Gasteiger partial charge is 0.201 e. The lowest BCUT2D eigenvalue weighted by molar-refractivity contribution is 0.416. The first-order valence-electron chi connectivity index (χ1n) is 4.65. The Morgan fingerprint density at radius 1 is 0.882 bits per heavy atom. The maximum Gasteiger partial charge on any atom is 0.201 e. The summed E-state index contributed by atoms with van der Waals surface area (Å²) in [6, 6.07) is 8.32. The van der Waals surface area contributed by atoms with Crippen LogP contribution in [0.5, 0.6) is 11.5 Å². The van der Waals surface area contributed by atoms with E-state index in [-0.39, 0.29) is 21.5 Å². The summed E-state index contributed by atoms with van der Waals surface area (Å²) >= 11 is 11.6. The predicted molar refractivity (Wildman–Crippen MR) is 62.9 cm³/mol. The summed E-state index contributed by atoms with van der Waals surface area (Å²) < 4.78 is 31.5. The molecule has 0 saturated carbocycles. The van der Waals surface area contributed by atoms with Gasteiger partial charge in [0.15, 0.2) is 11.6 Å². The Labute approximate surface area is 107 Å². The van der Waals surface area contributed by atoms with Gasteiger partial charge in [-0.1, -0.05) is 35.3 Å². The largest absolute Gasteiger partial charge is 0.453 e. The summed E-state index contributed by atoms with van der Waals surface area (Å²) in [5.41, 5.74) is 0. The van der Waals surface area contributed by atoms with Crippen LogP contribution >= 0.6 is 23.2 Å². The van der Waals surface area contributed by atoms with E-state index in [9.17, 15) is 8.78 Å². The van der Waals surface area contributed by atoms with Crippen LogP contribution in [0.15, 0.2) is 36.4 Å². The molecule has 0 saturated heterocycles. The molecular weight excluding hydrogens is 269 g/mol. The molecule has 0 aliphatic heterocycles. The first-order chi connectivity index (χ1) is 8.09. The average molecular weight is 275 g/mol. The molecule has 5 heteroatoms. The summed E-state index contributed by atoms with van der Waals surface area (Å²) in [5, 5.41) is 0.429. The Balaban J connectivity index is 2.38. The minimum Gasteiger partial charge on any atom is -0.453 e. The Morgan fingerprint density at radius 3 is 2.29 bits per heavy atom. The van der Waals surface area contributed by atoms with E-state index in [0.717, 1.165) is 6.07 Å². The molecular formula is C12H6Cl2F2O. The van der Waals surface area contributed by atoms with Crippen molar-refractivity contribution in [3.8, 4) is 11.5 Å². The molecule has 2 rings (SSSR count). The molecule has 17 heavy (non-hydrogen) atoms. The highest BCUT2D eigenvalue weighted by atomic mass is 35.5. The topological polar surface area (TPSA) is 9.23 Å². The van der Waals surface area contributed by atoms with E-state index >= 15 is 0 Å². The van der Waals surface area contributed by atoms with Crippen LogP contribution in [-0.2, 0) is 0 Å². The van der Waals surface area contributed by atoms with E-state index < -0.39 is 11.6 Å². The third kappa shape index (κ3) is 2.51. The van der Waals surface area contributed by atoms with Crippen LogP contribution in [0.3, 0.4) is 0 Å². The molecule has 0 fully saturated rings. The lowest BCUT2D eigenvalue weighted by Gasteiger charge is -2.09. The fourth-order valence-corrected chi connectivity index (χ4v) is 1.57. The molecule has 0 aliphatic carbocycles. The van der Waals surface area contributed by atoms with E-state index in [1.54, 1.807) is 12.1 Å². The molecule has 0 N–H and O–H groups in total. The number of hydrogen-bond acceptors (Lipinski definition) is 1. The van der Waals surface area contributed by atoms with Crippen molar-refractivity contribution < 1.29 is 13.5 Å². The predicted octanol–water partition coefficient (Wildman–Crippen LogP) is 5.06. The SMILES string of the molecule is Fc1cccc(Oc2cccc(Cl)c2Cl)c1F. The minimum absolute atomic E-state index is 0.151. The molecule has 0 unspecified atom stereocenters. The summed E-state index contributed by atoms with van der Waals surface area (Å²) in [4.78, 5) is 0. The van der Waals surface area contributed by atoms with E-state index in [2.05, 4.69) is 0 Å². The highest BCUT2D eigenvalue weighted by molar-refractivity contribution is 6.42. The normalized spacial score (nSPS) is 10.4. The van der Waals surface area contributed by atoms with Gasteiger partial charge in [-0.25, -0.2) is 4.39 Å². The van der Waals surface area contributed by atoms with Crippen molar-refractivity contribution in [3.63, 3.8) is 0 Å². The molecule has 2 aromatic carbocycles. The number of ether oxygens (including phenoxy) is 1. The first-order valence-corrected chi connectivity index (χ1v) is 5.41. The van der Waals surface area contributed by atoms with E-state index in [1.165, 1.54) is 18.2 Å². The molecule has 0 atom stereocenters. The maximum atomic E-state index is 13.3. The molecule has 0 aromatic heterocycles. The molecule has 0 aliphatic rings. The van der Waals surface area contributed by atoms with Gasteiger partial charge in [0.25, 0.3) is 0 Å². The molecule has 0 radical (unpaired) electrons. The Bertz CT molecular complexity index is 509. The van der Waals surface area contributed by atoms with E-state index in [0.29, 0.717) is 0 Å². The molecule has 0 heterocycles. The second-order valence-corrected chi connectivity index (χ2v) is 3.99. The van der Waals surface area contributed by atoms with Crippen molar-refractivity contribution in [2.45, 2.75) is 0 Å². The molecule has 1 nitrogen and oxygen atoms in total. The standard InChI is InChI=1S/C12H6Cl2F2O/c13-7-3-1-5-9(11(7)14)17-10-6-2-4-8(15)12(10)16/h1-6H. The first kappa shape index (κ1) is 12.1. The van der Waals surface area contributed by atoms with Gasteiger partial charge in [0.2, 0.25) is 5.82 Å². The third-order valence-corrected chi connectivity index (χ3v) is 2.85. The van der Waals surface area contributed by atoms with Crippen LogP contribution in [0, 0.1) is 11.6 Å². The second kappa shape index (κ2) is 4.90. The summed E-state index contributed by atoms with van der Waals surface area (Å²) in [5.74, 6) is -2.12. The Morgan fingerprint density at radius 2 is 1.53 bits per heavy atom. The highest BCUT2D eigenvalue weighted by Crippen LogP contribution is 2.35. The minimum atomic E-state index is -1.07. The highest BCUT2D eigenvalue weighted by Gasteiger charge is 2.12. The zero-order chi connectivity index (χ0) is 12.4. The van der Waals surface area contributed by atoms with Gasteiger partial charge in [-0.15, -0.1) is 0 Å². The van der Waals surface area contributed by atoms with Gasteiger partial charge in [0.1, 0.15) is 10.8 Å². The molecule has 0 amide bonds. The molecule has 0 spiro atoms. The van der Waals surface area contributed by atoms with Gasteiger partial charge in [-0.05, 0) is 24.3 Å². The van der Waals surface area contributed by atoms with Crippen molar-refractivity contribution in [2.75, 3.05) is 0 Å². The van der Waals surface area contributed by atoms with Crippen LogP contribution in [-0.4, -0.2) is 0 Å². The summed E-state index contributed by atoms with van der Waals surface area (Å²) in [6.45, 7) is 0. The van der Waals surface area contributed by atoms with Crippen LogP contribution in [0.1, 0.15) is 0 Å². The maximum absolute atomic E-state index is 13.3. The molecule has 88 valence electrons. The lowest BCUT2D eigenvalue weighted by atomic mass is 10.3. The quantitative estimate of drug-likeness (QED) is 0.744. The fraction of sp³-hybridized carbons (Fsp3) is 0. The van der Waals surface area contributed by atoms with Crippen molar-refractivity contribution in [2.24, 2.45) is 0 Å². The van der Waals surface area contributed by atoms with Gasteiger partial charge in [0.05, 0.1) is 5.02 Å². The monoisotopic (exact) mass is 274 g/mol. The number of benzene rings is 2. The van der Waals surface area contributed by atoms with Crippen molar-refractivity contribution in [1.82, 2.24) is 0 Å². The van der Waals surface area contributed by atoms with Gasteiger partial charge in [-0.2, -0.15) is 4.39 Å². The van der Waals surface area contributed by atoms with Gasteiger partial charge in [-0.3, -0.25) is 0 Å². The number of halogens is 4. The van der Waals surface area contributed by atoms with Gasteiger partial charge < -0.3 is 4.74 Å². The zero-order valence-electron chi connectivity index (χ0n) is 8.38. The van der Waals surface area contributed by atoms with Crippen molar-refractivity contribution >= 4 is 23.2 Å². The fourth-order valence-electron chi connectivity index (χ4n) is 1.24. The number of hydrogen-bond donors (Lipinski definition) is 0. The van der Waals surface area contributed by atoms with Crippen LogP contribution < -0.4 is 4.74 Å². The third-order valence-electron chi connectivity index (χ3n) is 2.05. The van der Waals surface area contributed by atoms with Gasteiger partial charge in [0, 0.05) is 0 Å². The van der Waals surface area contributed by atoms with Gasteiger partial charge >= 0.3 is 0 Å². The molecule has 0 bridgehead atoms.